The molecule has 1 fully saturated rings. The fraction of sp³-hybridized carbons (Fsp3) is 0.737. The van der Waals surface area contributed by atoms with Gasteiger partial charge in [0.15, 0.2) is 12.2 Å². The van der Waals surface area contributed by atoms with E-state index in [0.29, 0.717) is 0 Å². The van der Waals surface area contributed by atoms with E-state index in [0.717, 1.165) is 20.8 Å². The van der Waals surface area contributed by atoms with Crippen molar-refractivity contribution in [2.45, 2.75) is 76.0 Å². The molecule has 11 nitrogen and oxygen atoms in total. The Labute approximate surface area is 205 Å². The number of hydrogen-bond donors (Lipinski definition) is 1. The number of rotatable bonds is 6. The maximum Gasteiger partial charge on any atom is 0.311 e. The summed E-state index contributed by atoms with van der Waals surface area (Å²) in [6, 6.07) is 0. The average Bonchev–Trinajstić information content (AvgIpc) is 2.62. The first kappa shape index (κ1) is 29.2. The van der Waals surface area contributed by atoms with Crippen LogP contribution in [0.1, 0.15) is 41.5 Å². The van der Waals surface area contributed by atoms with Gasteiger partial charge in [-0.3, -0.25) is 24.6 Å². The van der Waals surface area contributed by atoms with E-state index in [4.69, 9.17) is 68.6 Å². The van der Waals surface area contributed by atoms with Crippen molar-refractivity contribution in [2.75, 3.05) is 6.61 Å². The lowest BCUT2D eigenvalue weighted by atomic mass is 9.95. The minimum Gasteiger partial charge on any atom is -0.463 e. The van der Waals surface area contributed by atoms with Gasteiger partial charge in [-0.05, 0) is 20.8 Å². The van der Waals surface area contributed by atoms with Crippen LogP contribution in [0.5, 0.6) is 0 Å². The van der Waals surface area contributed by atoms with E-state index in [1.807, 2.05) is 0 Å². The molecule has 0 radical (unpaired) electrons. The van der Waals surface area contributed by atoms with Gasteiger partial charge in [0.1, 0.15) is 12.7 Å². The van der Waals surface area contributed by atoms with Crippen LogP contribution in [0.25, 0.3) is 0 Å². The first-order valence-electron chi connectivity index (χ1n) is 9.60. The third-order valence-corrected chi connectivity index (χ3v) is 4.51. The number of nitrogens with one attached hydrogen (secondary N) is 1. The Balaban J connectivity index is 3.50. The van der Waals surface area contributed by atoms with Crippen molar-refractivity contribution in [1.29, 1.82) is 5.41 Å². The Morgan fingerprint density at radius 2 is 1.33 bits per heavy atom. The van der Waals surface area contributed by atoms with Crippen molar-refractivity contribution >= 4 is 64.6 Å². The zero-order valence-electron chi connectivity index (χ0n) is 18.8. The van der Waals surface area contributed by atoms with Crippen LogP contribution in [0, 0.1) is 10.8 Å². The molecule has 0 aromatic carbocycles. The third-order valence-electron chi connectivity index (χ3n) is 3.99. The van der Waals surface area contributed by atoms with Gasteiger partial charge >= 0.3 is 23.9 Å². The van der Waals surface area contributed by atoms with Gasteiger partial charge in [-0.25, -0.2) is 0 Å². The fourth-order valence-electron chi connectivity index (χ4n) is 2.58. The molecule has 1 rings (SSSR count). The summed E-state index contributed by atoms with van der Waals surface area (Å²) in [5.74, 6) is -3.95. The molecule has 188 valence electrons. The van der Waals surface area contributed by atoms with E-state index in [9.17, 15) is 19.2 Å². The first-order chi connectivity index (χ1) is 14.9. The number of hydrogen-bond acceptors (Lipinski definition) is 11. The molecule has 0 spiro atoms. The summed E-state index contributed by atoms with van der Waals surface area (Å²) in [5, 5.41) is 7.86. The van der Waals surface area contributed by atoms with E-state index in [1.165, 1.54) is 0 Å². The number of esters is 4. The molecule has 0 aliphatic carbocycles. The van der Waals surface area contributed by atoms with Crippen LogP contribution in [0.2, 0.25) is 0 Å². The van der Waals surface area contributed by atoms with Gasteiger partial charge < -0.3 is 28.4 Å². The summed E-state index contributed by atoms with van der Waals surface area (Å²) in [6.07, 6.45) is -7.37. The Morgan fingerprint density at radius 1 is 0.818 bits per heavy atom. The van der Waals surface area contributed by atoms with Crippen LogP contribution in [-0.4, -0.2) is 70.9 Å². The zero-order chi connectivity index (χ0) is 25.7. The second-order valence-corrected chi connectivity index (χ2v) is 10.3. The molecule has 5 atom stereocenters. The quantitative estimate of drug-likeness (QED) is 0.177. The van der Waals surface area contributed by atoms with Crippen LogP contribution in [-0.2, 0) is 47.6 Å². The van der Waals surface area contributed by atoms with Gasteiger partial charge in [-0.2, -0.15) is 0 Å². The number of carbonyl (C=O) groups is 4. The molecule has 1 aliphatic rings. The van der Waals surface area contributed by atoms with Gasteiger partial charge in [-0.15, -0.1) is 0 Å². The lowest BCUT2D eigenvalue weighted by Crippen LogP contribution is -2.63. The summed E-state index contributed by atoms with van der Waals surface area (Å²) in [4.78, 5) is 47.6. The Hall–Kier alpha value is -1.82. The second-order valence-electron chi connectivity index (χ2n) is 8.06. The number of ether oxygens (including phenoxy) is 6. The molecule has 0 aromatic heterocycles. The first-order valence-corrected chi connectivity index (χ1v) is 10.7. The van der Waals surface area contributed by atoms with Crippen molar-refractivity contribution in [3.05, 3.63) is 0 Å². The standard InChI is InChI=1S/C19H26Cl3NO10/c1-8(24)28-7-11-12(29-9(2)25)13(30-10(3)26)14(32-17(27)18(4,5)6)15(31-11)33-16(23)19(20,21)22/h11-15,23H,7H2,1-6H3/t11-,12-,13+,14-,15-/m1/s1. The summed E-state index contributed by atoms with van der Waals surface area (Å²) in [7, 11) is 0. The van der Waals surface area contributed by atoms with Gasteiger partial charge in [0.25, 0.3) is 3.79 Å². The maximum atomic E-state index is 12.6. The summed E-state index contributed by atoms with van der Waals surface area (Å²) < 4.78 is 29.7. The molecule has 0 amide bonds. The predicted molar refractivity (Wildman–Crippen MR) is 115 cm³/mol. The van der Waals surface area contributed by atoms with Crippen molar-refractivity contribution < 1.29 is 47.6 Å². The molecule has 0 aromatic rings. The minimum atomic E-state index is -2.31. The van der Waals surface area contributed by atoms with Crippen LogP contribution in [0.15, 0.2) is 0 Å². The number of alkyl halides is 3. The summed E-state index contributed by atoms with van der Waals surface area (Å²) in [6.45, 7) is 7.51. The van der Waals surface area contributed by atoms with E-state index < -0.39 is 76.3 Å². The highest BCUT2D eigenvalue weighted by Gasteiger charge is 2.55. The number of halogens is 3. The van der Waals surface area contributed by atoms with Crippen LogP contribution in [0.4, 0.5) is 0 Å². The van der Waals surface area contributed by atoms with Gasteiger partial charge in [-0.1, -0.05) is 34.8 Å². The van der Waals surface area contributed by atoms with Crippen molar-refractivity contribution in [2.24, 2.45) is 5.41 Å². The molecule has 0 unspecified atom stereocenters. The van der Waals surface area contributed by atoms with E-state index in [-0.39, 0.29) is 0 Å². The van der Waals surface area contributed by atoms with Crippen molar-refractivity contribution in [1.82, 2.24) is 0 Å². The fourth-order valence-corrected chi connectivity index (χ4v) is 2.71. The summed E-state index contributed by atoms with van der Waals surface area (Å²) >= 11 is 17.0. The van der Waals surface area contributed by atoms with Gasteiger partial charge in [0, 0.05) is 20.8 Å². The lowest BCUT2D eigenvalue weighted by Gasteiger charge is -2.44. The Kier molecular flexibility index (Phi) is 10.2. The molecule has 1 heterocycles. The highest BCUT2D eigenvalue weighted by Crippen LogP contribution is 2.34. The SMILES string of the molecule is CC(=O)OC[C@H]1O[C@H](OC(=N)C(Cl)(Cl)Cl)[C@H](OC(=O)C(C)(C)C)[C@@H](OC(C)=O)[C@@H]1OC(C)=O. The molecular formula is C19H26Cl3NO10. The van der Waals surface area contributed by atoms with Crippen molar-refractivity contribution in [3.8, 4) is 0 Å². The third kappa shape index (κ3) is 9.15. The van der Waals surface area contributed by atoms with Crippen LogP contribution in [0.3, 0.4) is 0 Å². The minimum absolute atomic E-state index is 0.466. The normalized spacial score (nSPS) is 25.4. The smallest absolute Gasteiger partial charge is 0.311 e. The number of carbonyl (C=O) groups excluding carboxylic acids is 4. The second kappa shape index (κ2) is 11.5. The summed E-state index contributed by atoms with van der Waals surface area (Å²) in [5.41, 5.74) is -1.01. The van der Waals surface area contributed by atoms with E-state index in [1.54, 1.807) is 20.8 Å². The van der Waals surface area contributed by atoms with Crippen LogP contribution < -0.4 is 0 Å². The van der Waals surface area contributed by atoms with E-state index in [2.05, 4.69) is 0 Å². The topological polar surface area (TPSA) is 148 Å². The van der Waals surface area contributed by atoms with Crippen molar-refractivity contribution in [3.63, 3.8) is 0 Å². The van der Waals surface area contributed by atoms with E-state index >= 15 is 0 Å². The molecule has 33 heavy (non-hydrogen) atoms. The Morgan fingerprint density at radius 3 is 1.76 bits per heavy atom. The molecule has 0 saturated carbocycles. The highest BCUT2D eigenvalue weighted by atomic mass is 35.6. The molecule has 1 saturated heterocycles. The Bertz CT molecular complexity index is 777. The molecule has 1 aliphatic heterocycles. The lowest BCUT2D eigenvalue weighted by molar-refractivity contribution is -0.293. The predicted octanol–water partition coefficient (Wildman–Crippen LogP) is 2.46. The molecular weight excluding hydrogens is 509 g/mol. The maximum absolute atomic E-state index is 12.6. The van der Waals surface area contributed by atoms with Gasteiger partial charge in [0.2, 0.25) is 18.3 Å². The molecule has 0 bridgehead atoms. The molecule has 14 heteroatoms. The van der Waals surface area contributed by atoms with Crippen LogP contribution >= 0.6 is 34.8 Å². The average molecular weight is 535 g/mol. The monoisotopic (exact) mass is 533 g/mol. The highest BCUT2D eigenvalue weighted by molar-refractivity contribution is 6.76. The molecule has 1 N–H and O–H groups in total. The largest absolute Gasteiger partial charge is 0.463 e. The zero-order valence-corrected chi connectivity index (χ0v) is 21.1. The van der Waals surface area contributed by atoms with Gasteiger partial charge in [0.05, 0.1) is 5.41 Å².